The summed E-state index contributed by atoms with van der Waals surface area (Å²) in [4.78, 5) is 0. The molecule has 29 valence electrons. The average molecular weight is 290 g/mol. The molecule has 0 aromatic rings. The van der Waals surface area contributed by atoms with E-state index in [-0.39, 0.29) is 47.9 Å². The van der Waals surface area contributed by atoms with Crippen LogP contribution in [0.2, 0.25) is 0 Å². The molecule has 2 nitrogen and oxygen atoms in total. The predicted molar refractivity (Wildman–Crippen MR) is 32.7 cm³/mol. The SMILES string of the molecule is N=CN.[I].[Sn]. The van der Waals surface area contributed by atoms with Crippen molar-refractivity contribution in [3.63, 3.8) is 0 Å². The summed E-state index contributed by atoms with van der Waals surface area (Å²) in [5.74, 6) is 0. The number of hydrogen-bond acceptors (Lipinski definition) is 1. The zero-order chi connectivity index (χ0) is 2.71. The van der Waals surface area contributed by atoms with E-state index < -0.39 is 0 Å². The maximum absolute atomic E-state index is 5.86. The van der Waals surface area contributed by atoms with Gasteiger partial charge >= 0.3 is 0 Å². The molecule has 5 heavy (non-hydrogen) atoms. The molecule has 0 unspecified atom stereocenters. The molecule has 0 saturated carbocycles. The van der Waals surface area contributed by atoms with E-state index in [1.54, 1.807) is 0 Å². The quantitative estimate of drug-likeness (QED) is 0.282. The summed E-state index contributed by atoms with van der Waals surface area (Å²) in [6.07, 6.45) is 0.750. The van der Waals surface area contributed by atoms with Gasteiger partial charge in [0, 0.05) is 47.9 Å². The van der Waals surface area contributed by atoms with E-state index in [0.29, 0.717) is 0 Å². The van der Waals surface area contributed by atoms with Gasteiger partial charge in [-0.1, -0.05) is 0 Å². The molecule has 3 N–H and O–H groups in total. The van der Waals surface area contributed by atoms with Crippen LogP contribution >= 0.6 is 24.0 Å². The molecular weight excluding hydrogens is 286 g/mol. The van der Waals surface area contributed by atoms with Crippen molar-refractivity contribution in [1.82, 2.24) is 0 Å². The second-order valence-electron chi connectivity index (χ2n) is 0.167. The first kappa shape index (κ1) is 16.7. The molecule has 0 bridgehead atoms. The first-order chi connectivity index (χ1) is 1.41. The van der Waals surface area contributed by atoms with Crippen LogP contribution in [0.25, 0.3) is 0 Å². The van der Waals surface area contributed by atoms with E-state index in [2.05, 4.69) is 5.73 Å². The van der Waals surface area contributed by atoms with E-state index in [1.165, 1.54) is 0 Å². The Morgan fingerprint density at radius 2 is 1.60 bits per heavy atom. The summed E-state index contributed by atoms with van der Waals surface area (Å²) in [6, 6.07) is 0. The van der Waals surface area contributed by atoms with Crippen LogP contribution in [0, 0.1) is 5.41 Å². The standard InChI is InChI=1S/CH4N2.I.Sn/c2-1-3;;/h1H,(H3,2,3);;. The predicted octanol–water partition coefficient (Wildman–Crippen LogP) is 0.0571. The number of rotatable bonds is 0. The summed E-state index contributed by atoms with van der Waals surface area (Å²) in [5.41, 5.74) is 4.39. The largest absolute Gasteiger partial charge is 0.390 e. The third-order valence-electron chi connectivity index (χ3n) is 0. The Hall–Kier alpha value is 0.999. The first-order valence-corrected chi connectivity index (χ1v) is 0.622. The Balaban J connectivity index is -0.0000000200. The molecule has 0 aliphatic rings. The molecule has 0 saturated heterocycles. The average Bonchev–Trinajstić information content (AvgIpc) is 0.918. The molecule has 0 amide bonds. The van der Waals surface area contributed by atoms with Gasteiger partial charge in [0.25, 0.3) is 0 Å². The van der Waals surface area contributed by atoms with E-state index in [0.717, 1.165) is 6.34 Å². The molecule has 0 atom stereocenters. The second kappa shape index (κ2) is 20.0. The van der Waals surface area contributed by atoms with Crippen molar-refractivity contribution < 1.29 is 0 Å². The Bertz CT molecular complexity index is 17.1. The van der Waals surface area contributed by atoms with Crippen LogP contribution in [0.15, 0.2) is 0 Å². The van der Waals surface area contributed by atoms with E-state index in [4.69, 9.17) is 5.41 Å². The Kier molecular flexibility index (Phi) is 66.7. The van der Waals surface area contributed by atoms with Crippen molar-refractivity contribution in [3.05, 3.63) is 0 Å². The minimum absolute atomic E-state index is 0. The zero-order valence-electron chi connectivity index (χ0n) is 2.53. The van der Waals surface area contributed by atoms with Gasteiger partial charge in [-0.15, -0.1) is 0 Å². The second-order valence-corrected chi connectivity index (χ2v) is 0.167. The smallest absolute Gasteiger partial charge is 0.0765 e. The van der Waals surface area contributed by atoms with Gasteiger partial charge in [0.2, 0.25) is 0 Å². The van der Waals surface area contributed by atoms with Gasteiger partial charge in [-0.2, -0.15) is 0 Å². The van der Waals surface area contributed by atoms with Gasteiger partial charge in [-0.25, -0.2) is 0 Å². The van der Waals surface area contributed by atoms with Gasteiger partial charge in [0.1, 0.15) is 0 Å². The monoisotopic (exact) mass is 291 g/mol. The molecule has 0 rings (SSSR count). The van der Waals surface area contributed by atoms with Crippen LogP contribution < -0.4 is 5.73 Å². The van der Waals surface area contributed by atoms with Crippen LogP contribution in [0.4, 0.5) is 0 Å². The van der Waals surface area contributed by atoms with Crippen molar-refractivity contribution in [1.29, 1.82) is 5.41 Å². The molecule has 0 spiro atoms. The molecule has 0 aromatic carbocycles. The molecule has 0 heterocycles. The van der Waals surface area contributed by atoms with Crippen LogP contribution in [0.1, 0.15) is 0 Å². The fourth-order valence-electron chi connectivity index (χ4n) is 0. The molecule has 0 aliphatic carbocycles. The summed E-state index contributed by atoms with van der Waals surface area (Å²) >= 11 is 0. The third kappa shape index (κ3) is 45.1. The molecule has 5 radical (unpaired) electrons. The van der Waals surface area contributed by atoms with E-state index in [9.17, 15) is 0 Å². The summed E-state index contributed by atoms with van der Waals surface area (Å²) in [7, 11) is 0. The first-order valence-electron chi connectivity index (χ1n) is 0.622. The van der Waals surface area contributed by atoms with Crippen LogP contribution in [0.5, 0.6) is 0 Å². The molecular formula is CH4IN2Sn. The maximum Gasteiger partial charge on any atom is 0.0765 e. The number of nitrogens with two attached hydrogens (primary N) is 1. The fourth-order valence-corrected chi connectivity index (χ4v) is 0. The van der Waals surface area contributed by atoms with Gasteiger partial charge < -0.3 is 5.73 Å². The van der Waals surface area contributed by atoms with Crippen molar-refractivity contribution in [2.75, 3.05) is 0 Å². The van der Waals surface area contributed by atoms with Crippen LogP contribution in [-0.2, 0) is 0 Å². The molecule has 0 aromatic heterocycles. The summed E-state index contributed by atoms with van der Waals surface area (Å²) in [5, 5.41) is 5.86. The van der Waals surface area contributed by atoms with Gasteiger partial charge in [0.15, 0.2) is 0 Å². The number of nitrogens with one attached hydrogen (secondary N) is 1. The van der Waals surface area contributed by atoms with Crippen molar-refractivity contribution in [3.8, 4) is 0 Å². The summed E-state index contributed by atoms with van der Waals surface area (Å²) in [6.45, 7) is 0. The van der Waals surface area contributed by atoms with Crippen LogP contribution in [-0.4, -0.2) is 30.2 Å². The van der Waals surface area contributed by atoms with Crippen molar-refractivity contribution in [2.45, 2.75) is 0 Å². The fraction of sp³-hybridized carbons (Fsp3) is 0. The minimum atomic E-state index is 0. The van der Waals surface area contributed by atoms with E-state index in [1.807, 2.05) is 0 Å². The van der Waals surface area contributed by atoms with E-state index >= 15 is 0 Å². The van der Waals surface area contributed by atoms with Crippen molar-refractivity contribution >= 4 is 54.2 Å². The molecule has 4 heteroatoms. The Labute approximate surface area is 65.0 Å². The van der Waals surface area contributed by atoms with Crippen LogP contribution in [0.3, 0.4) is 0 Å². The molecule has 0 fully saturated rings. The Morgan fingerprint density at radius 1 is 1.60 bits per heavy atom. The third-order valence-corrected chi connectivity index (χ3v) is 0. The Morgan fingerprint density at radius 3 is 1.60 bits per heavy atom. The molecule has 0 aliphatic heterocycles. The minimum Gasteiger partial charge on any atom is -0.390 e. The van der Waals surface area contributed by atoms with Crippen molar-refractivity contribution in [2.24, 2.45) is 5.73 Å². The topological polar surface area (TPSA) is 49.9 Å². The zero-order valence-corrected chi connectivity index (χ0v) is 7.54. The van der Waals surface area contributed by atoms with Gasteiger partial charge in [-0.05, 0) is 0 Å². The number of halogens is 1. The summed E-state index contributed by atoms with van der Waals surface area (Å²) < 4.78 is 0. The maximum atomic E-state index is 5.86. The van der Waals surface area contributed by atoms with Gasteiger partial charge in [0.05, 0.1) is 6.34 Å². The number of hydrogen-bond donors (Lipinski definition) is 2. The van der Waals surface area contributed by atoms with Gasteiger partial charge in [-0.3, -0.25) is 5.41 Å². The normalized spacial score (nSPS) is 2.40.